The van der Waals surface area contributed by atoms with Gasteiger partial charge in [0.15, 0.2) is 0 Å². The average Bonchev–Trinajstić information content (AvgIpc) is 2.23. The Morgan fingerprint density at radius 3 is 2.27 bits per heavy atom. The molecule has 0 bridgehead atoms. The maximum absolute atomic E-state index is 10.9. The van der Waals surface area contributed by atoms with Gasteiger partial charge in [0.05, 0.1) is 6.61 Å². The van der Waals surface area contributed by atoms with Gasteiger partial charge in [0.2, 0.25) is 6.29 Å². The van der Waals surface area contributed by atoms with E-state index in [0.29, 0.717) is 0 Å². The van der Waals surface area contributed by atoms with Crippen LogP contribution in [0, 0.1) is 0 Å². The minimum absolute atomic E-state index is 0.318. The second-order valence-electron chi connectivity index (χ2n) is 2.23. The van der Waals surface area contributed by atoms with Crippen LogP contribution in [0.4, 0.5) is 0 Å². The molecule has 0 fully saturated rings. The fourth-order valence-electron chi connectivity index (χ4n) is 0.368. The number of rotatable bonds is 4. The molecule has 1 atom stereocenters. The number of carbonyl (C=O) groups excluding carboxylic acids is 3. The van der Waals surface area contributed by atoms with Crippen LogP contribution < -0.4 is 5.73 Å². The van der Waals surface area contributed by atoms with E-state index in [0.717, 1.165) is 0 Å². The van der Waals surface area contributed by atoms with E-state index in [2.05, 4.69) is 9.78 Å². The van der Waals surface area contributed by atoms with Crippen molar-refractivity contribution in [3.8, 4) is 0 Å². The first-order valence-corrected chi connectivity index (χ1v) is 4.48. The highest BCUT2D eigenvalue weighted by atomic mass is 31.1. The molecule has 3 N–H and O–H groups in total. The van der Waals surface area contributed by atoms with E-state index >= 15 is 0 Å². The summed E-state index contributed by atoms with van der Waals surface area (Å²) in [6.07, 6.45) is -0.318. The number of nitrogens with two attached hydrogens (primary N) is 1. The number of hydrogen-bond donors (Lipinski definition) is 2. The van der Waals surface area contributed by atoms with Crippen molar-refractivity contribution in [1.29, 1.82) is 0 Å². The summed E-state index contributed by atoms with van der Waals surface area (Å²) >= 11 is 0. The molecule has 0 radical (unpaired) electrons. The number of aliphatic hydroxyl groups excluding tert-OH is 1. The molecule has 84 valence electrons. The molecule has 0 aliphatic heterocycles. The van der Waals surface area contributed by atoms with Crippen LogP contribution in [0.3, 0.4) is 0 Å². The summed E-state index contributed by atoms with van der Waals surface area (Å²) in [7, 11) is -3.55. The molecule has 1 unspecified atom stereocenters. The number of aliphatic hydroxyl groups is 1. The van der Waals surface area contributed by atoms with E-state index in [9.17, 15) is 23.5 Å². The van der Waals surface area contributed by atoms with E-state index in [1.165, 1.54) is 0 Å². The molecule has 0 aliphatic carbocycles. The lowest BCUT2D eigenvalue weighted by Gasteiger charge is -2.13. The van der Waals surface area contributed by atoms with Crippen LogP contribution in [-0.2, 0) is 33.3 Å². The van der Waals surface area contributed by atoms with Crippen molar-refractivity contribution >= 4 is 25.9 Å². The Labute approximate surface area is 82.9 Å². The molecular weight excluding hydrogens is 233 g/mol. The molecule has 0 amide bonds. The highest BCUT2D eigenvalue weighted by Gasteiger charge is 2.43. The third-order valence-electron chi connectivity index (χ3n) is 1.22. The van der Waals surface area contributed by atoms with Crippen LogP contribution in [0.2, 0.25) is 0 Å². The van der Waals surface area contributed by atoms with Crippen molar-refractivity contribution in [3.05, 3.63) is 0 Å². The fourth-order valence-corrected chi connectivity index (χ4v) is 0.669. The van der Waals surface area contributed by atoms with Crippen molar-refractivity contribution < 1.29 is 38.4 Å². The van der Waals surface area contributed by atoms with Crippen LogP contribution in [0.1, 0.15) is 0 Å². The predicted molar refractivity (Wildman–Crippen MR) is 40.5 cm³/mol. The number of aldehydes is 1. The normalized spacial score (nSPS) is 13.5. The van der Waals surface area contributed by atoms with Gasteiger partial charge < -0.3 is 10.8 Å². The molecule has 0 aromatic carbocycles. The van der Waals surface area contributed by atoms with Gasteiger partial charge in [0.1, 0.15) is 0 Å². The Kier molecular flexibility index (Phi) is 4.79. The molecule has 9 nitrogen and oxygen atoms in total. The van der Waals surface area contributed by atoms with Crippen LogP contribution in [-0.4, -0.2) is 35.2 Å². The van der Waals surface area contributed by atoms with Crippen LogP contribution in [0.25, 0.3) is 0 Å². The fraction of sp³-hybridized carbons (Fsp3) is 0.400. The zero-order valence-electron chi connectivity index (χ0n) is 7.11. The third kappa shape index (κ3) is 3.24. The molecule has 0 saturated carbocycles. The first-order chi connectivity index (χ1) is 6.88. The van der Waals surface area contributed by atoms with Gasteiger partial charge in [-0.3, -0.25) is 4.79 Å². The first-order valence-electron chi connectivity index (χ1n) is 3.30. The zero-order valence-corrected chi connectivity index (χ0v) is 8.01. The van der Waals surface area contributed by atoms with Crippen molar-refractivity contribution in [1.82, 2.24) is 0 Å². The smallest absolute Gasteiger partial charge is 0.393 e. The van der Waals surface area contributed by atoms with Gasteiger partial charge in [-0.2, -0.15) is 0 Å². The maximum atomic E-state index is 10.9. The van der Waals surface area contributed by atoms with Gasteiger partial charge in [-0.25, -0.2) is 28.5 Å². The highest BCUT2D eigenvalue weighted by molar-refractivity contribution is 7.34. The summed E-state index contributed by atoms with van der Waals surface area (Å²) in [4.78, 5) is 37.9. The van der Waals surface area contributed by atoms with E-state index in [1.807, 2.05) is 0 Å². The standard InChI is InChI=1S/C5H6NO8P/c6-5(2-8,15(11)12)4(10)14-13-3(9)1-7/h1,8H,2,6H2. The zero-order chi connectivity index (χ0) is 12.1. The van der Waals surface area contributed by atoms with Gasteiger partial charge in [-0.15, -0.1) is 0 Å². The summed E-state index contributed by atoms with van der Waals surface area (Å²) in [6, 6.07) is 0. The first kappa shape index (κ1) is 13.4. The maximum Gasteiger partial charge on any atom is 0.418 e. The van der Waals surface area contributed by atoms with E-state index < -0.39 is 31.5 Å². The highest BCUT2D eigenvalue weighted by Crippen LogP contribution is 2.24. The SMILES string of the molecule is NC(CO)(C(=O)OOC(=O)C=O)P(=O)=O. The topological polar surface area (TPSA) is 150 Å². The largest absolute Gasteiger partial charge is 0.418 e. The minimum atomic E-state index is -3.55. The molecule has 0 aliphatic rings. The van der Waals surface area contributed by atoms with Crippen molar-refractivity contribution in [2.45, 2.75) is 5.28 Å². The molecular formula is C5H6NO8P. The summed E-state index contributed by atoms with van der Waals surface area (Å²) in [6.45, 7) is -1.26. The van der Waals surface area contributed by atoms with Gasteiger partial charge >= 0.3 is 19.6 Å². The lowest BCUT2D eigenvalue weighted by molar-refractivity contribution is -0.258. The third-order valence-corrected chi connectivity index (χ3v) is 2.19. The molecule has 0 heterocycles. The summed E-state index contributed by atoms with van der Waals surface area (Å²) in [5, 5.41) is 5.82. The van der Waals surface area contributed by atoms with E-state index in [1.54, 1.807) is 0 Å². The molecule has 10 heteroatoms. The Hall–Kier alpha value is -1.57. The van der Waals surface area contributed by atoms with Crippen LogP contribution in [0.15, 0.2) is 0 Å². The van der Waals surface area contributed by atoms with Crippen molar-refractivity contribution in [3.63, 3.8) is 0 Å². The number of hydrogen-bond acceptors (Lipinski definition) is 9. The molecule has 0 saturated heterocycles. The summed E-state index contributed by atoms with van der Waals surface area (Å²) < 4.78 is 20.9. The summed E-state index contributed by atoms with van der Waals surface area (Å²) in [5.74, 6) is -3.26. The van der Waals surface area contributed by atoms with Gasteiger partial charge in [0, 0.05) is 0 Å². The molecule has 0 aromatic rings. The Morgan fingerprint density at radius 2 is 1.93 bits per heavy atom. The van der Waals surface area contributed by atoms with Gasteiger partial charge in [0.25, 0.3) is 5.28 Å². The lowest BCUT2D eigenvalue weighted by atomic mass is 10.3. The summed E-state index contributed by atoms with van der Waals surface area (Å²) in [5.41, 5.74) is 4.91. The van der Waals surface area contributed by atoms with Crippen LogP contribution >= 0.6 is 7.68 Å². The Bertz CT molecular complexity index is 341. The van der Waals surface area contributed by atoms with E-state index in [-0.39, 0.29) is 6.29 Å². The van der Waals surface area contributed by atoms with Gasteiger partial charge in [-0.1, -0.05) is 0 Å². The molecule has 0 spiro atoms. The Morgan fingerprint density at radius 1 is 1.40 bits per heavy atom. The quantitative estimate of drug-likeness (QED) is 0.186. The monoisotopic (exact) mass is 239 g/mol. The second kappa shape index (κ2) is 5.35. The number of carbonyl (C=O) groups is 3. The predicted octanol–water partition coefficient (Wildman–Crippen LogP) is -1.99. The lowest BCUT2D eigenvalue weighted by Crippen LogP contribution is -2.48. The Balaban J connectivity index is 4.55. The van der Waals surface area contributed by atoms with Crippen LogP contribution in [0.5, 0.6) is 0 Å². The minimum Gasteiger partial charge on any atom is -0.393 e. The van der Waals surface area contributed by atoms with Gasteiger partial charge in [-0.05, 0) is 0 Å². The average molecular weight is 239 g/mol. The van der Waals surface area contributed by atoms with Crippen molar-refractivity contribution in [2.75, 3.05) is 6.61 Å². The second-order valence-corrected chi connectivity index (χ2v) is 3.54. The van der Waals surface area contributed by atoms with E-state index in [4.69, 9.17) is 10.8 Å². The molecule has 0 rings (SSSR count). The van der Waals surface area contributed by atoms with Crippen molar-refractivity contribution in [2.24, 2.45) is 5.73 Å². The molecule has 0 aromatic heterocycles. The molecule has 15 heavy (non-hydrogen) atoms.